The van der Waals surface area contributed by atoms with Crippen LogP contribution in [0.1, 0.15) is 36.2 Å². The van der Waals surface area contributed by atoms with E-state index in [9.17, 15) is 18.4 Å². The molecule has 2 heterocycles. The van der Waals surface area contributed by atoms with Crippen molar-refractivity contribution in [1.82, 2.24) is 9.80 Å². The molecule has 2 atom stereocenters. The van der Waals surface area contributed by atoms with Crippen molar-refractivity contribution in [3.63, 3.8) is 0 Å². The van der Waals surface area contributed by atoms with Gasteiger partial charge in [-0.3, -0.25) is 9.59 Å². The molecule has 0 bridgehead atoms. The first-order chi connectivity index (χ1) is 26.7. The maximum absolute atomic E-state index is 14.1. The number of amides is 2. The van der Waals surface area contributed by atoms with Gasteiger partial charge in [0.25, 0.3) is 0 Å². The molecule has 0 aromatic heterocycles. The monoisotopic (exact) mass is 758 g/mol. The average molecular weight is 759 g/mol. The highest BCUT2D eigenvalue weighted by atomic mass is 19.1. The SMILES string of the molecule is COc1ccc(N2CCN(C(=O)CC(OC(CC(=O)N3CCN(c4ccc(OC)c(OC)c4)CC3)c3ccc(F)cc3)c3ccc(F)cc3)CC2)cc1OC. The Balaban J connectivity index is 1.14. The van der Waals surface area contributed by atoms with Crippen molar-refractivity contribution in [2.75, 3.05) is 90.6 Å². The summed E-state index contributed by atoms with van der Waals surface area (Å²) in [5.41, 5.74) is 3.13. The molecule has 0 aliphatic carbocycles. The van der Waals surface area contributed by atoms with Crippen LogP contribution >= 0.6 is 0 Å². The molecule has 0 saturated carbocycles. The molecule has 2 unspecified atom stereocenters. The molecule has 2 amide bonds. The number of methoxy groups -OCH3 is 4. The Morgan fingerprint density at radius 2 is 0.855 bits per heavy atom. The van der Waals surface area contributed by atoms with E-state index in [1.807, 2.05) is 36.4 Å². The van der Waals surface area contributed by atoms with Crippen molar-refractivity contribution < 1.29 is 42.1 Å². The smallest absolute Gasteiger partial charge is 0.225 e. The fraction of sp³-hybridized carbons (Fsp3) is 0.381. The first kappa shape index (κ1) is 39.1. The number of hydrogen-bond donors (Lipinski definition) is 0. The fourth-order valence-electron chi connectivity index (χ4n) is 7.09. The lowest BCUT2D eigenvalue weighted by molar-refractivity contribution is -0.139. The van der Waals surface area contributed by atoms with E-state index in [0.717, 1.165) is 11.4 Å². The van der Waals surface area contributed by atoms with E-state index in [1.54, 1.807) is 62.5 Å². The van der Waals surface area contributed by atoms with E-state index in [4.69, 9.17) is 23.7 Å². The number of ether oxygens (including phenoxy) is 5. The summed E-state index contributed by atoms with van der Waals surface area (Å²) >= 11 is 0. The van der Waals surface area contributed by atoms with E-state index >= 15 is 0 Å². The lowest BCUT2D eigenvalue weighted by atomic mass is 10.0. The van der Waals surface area contributed by atoms with E-state index in [0.29, 0.717) is 86.5 Å². The zero-order valence-corrected chi connectivity index (χ0v) is 31.7. The summed E-state index contributed by atoms with van der Waals surface area (Å²) in [5, 5.41) is 0. The molecule has 2 saturated heterocycles. The van der Waals surface area contributed by atoms with Gasteiger partial charge in [-0.25, -0.2) is 8.78 Å². The van der Waals surface area contributed by atoms with Crippen LogP contribution in [0.5, 0.6) is 23.0 Å². The second-order valence-electron chi connectivity index (χ2n) is 13.4. The van der Waals surface area contributed by atoms with Crippen LogP contribution in [0.4, 0.5) is 20.2 Å². The first-order valence-corrected chi connectivity index (χ1v) is 18.4. The Bertz CT molecular complexity index is 1760. The van der Waals surface area contributed by atoms with Crippen molar-refractivity contribution >= 4 is 23.2 Å². The van der Waals surface area contributed by atoms with Gasteiger partial charge in [0.1, 0.15) is 11.6 Å². The molecule has 13 heteroatoms. The minimum absolute atomic E-state index is 0.0299. The highest BCUT2D eigenvalue weighted by Gasteiger charge is 2.31. The lowest BCUT2D eigenvalue weighted by Gasteiger charge is -2.38. The number of carbonyl (C=O) groups is 2. The predicted octanol–water partition coefficient (Wildman–Crippen LogP) is 6.28. The van der Waals surface area contributed by atoms with Gasteiger partial charge in [0, 0.05) is 75.9 Å². The Morgan fingerprint density at radius 3 is 1.18 bits per heavy atom. The summed E-state index contributed by atoms with van der Waals surface area (Å²) in [6, 6.07) is 23.2. The summed E-state index contributed by atoms with van der Waals surface area (Å²) < 4.78 is 56.6. The van der Waals surface area contributed by atoms with Gasteiger partial charge in [-0.1, -0.05) is 24.3 Å². The molecular formula is C42H48F2N4O7. The molecule has 4 aromatic rings. The van der Waals surface area contributed by atoms with E-state index in [2.05, 4.69) is 9.80 Å². The van der Waals surface area contributed by atoms with Crippen LogP contribution in [0.3, 0.4) is 0 Å². The summed E-state index contributed by atoms with van der Waals surface area (Å²) in [7, 11) is 6.38. The van der Waals surface area contributed by atoms with Gasteiger partial charge in [-0.05, 0) is 59.7 Å². The molecule has 0 N–H and O–H groups in total. The van der Waals surface area contributed by atoms with Crippen molar-refractivity contribution in [2.45, 2.75) is 25.0 Å². The minimum atomic E-state index is -0.804. The highest BCUT2D eigenvalue weighted by molar-refractivity contribution is 5.78. The van der Waals surface area contributed by atoms with Crippen LogP contribution in [-0.4, -0.2) is 102 Å². The largest absolute Gasteiger partial charge is 0.493 e. The normalized spacial score (nSPS) is 15.7. The number of rotatable bonds is 14. The molecule has 2 aliphatic rings. The number of benzene rings is 4. The highest BCUT2D eigenvalue weighted by Crippen LogP contribution is 2.36. The third kappa shape index (κ3) is 9.58. The predicted molar refractivity (Wildman–Crippen MR) is 205 cm³/mol. The first-order valence-electron chi connectivity index (χ1n) is 18.4. The third-order valence-electron chi connectivity index (χ3n) is 10.3. The molecular weight excluding hydrogens is 710 g/mol. The molecule has 0 radical (unpaired) electrons. The summed E-state index contributed by atoms with van der Waals surface area (Å²) in [4.78, 5) is 35.8. The van der Waals surface area contributed by atoms with E-state index in [1.165, 1.54) is 24.3 Å². The number of hydrogen-bond acceptors (Lipinski definition) is 9. The topological polar surface area (TPSA) is 93.3 Å². The van der Waals surface area contributed by atoms with Crippen LogP contribution in [0, 0.1) is 11.6 Å². The van der Waals surface area contributed by atoms with E-state index < -0.39 is 23.8 Å². The molecule has 2 aliphatic heterocycles. The van der Waals surface area contributed by atoms with Gasteiger partial charge in [0.05, 0.1) is 53.5 Å². The second-order valence-corrected chi connectivity index (χ2v) is 13.4. The van der Waals surface area contributed by atoms with Crippen molar-refractivity contribution in [3.05, 3.63) is 108 Å². The van der Waals surface area contributed by atoms with Crippen LogP contribution in [0.2, 0.25) is 0 Å². The quantitative estimate of drug-likeness (QED) is 0.148. The number of piperazine rings is 2. The van der Waals surface area contributed by atoms with Gasteiger partial charge in [0.2, 0.25) is 11.8 Å². The molecule has 2 fully saturated rings. The zero-order valence-electron chi connectivity index (χ0n) is 31.7. The van der Waals surface area contributed by atoms with Crippen LogP contribution in [-0.2, 0) is 14.3 Å². The van der Waals surface area contributed by atoms with Gasteiger partial charge >= 0.3 is 0 Å². The van der Waals surface area contributed by atoms with Gasteiger partial charge < -0.3 is 43.3 Å². The van der Waals surface area contributed by atoms with Crippen molar-refractivity contribution in [3.8, 4) is 23.0 Å². The molecule has 55 heavy (non-hydrogen) atoms. The standard InChI is InChI=1S/C42H48F2N4O7/c1-51-35-15-13-33(25-39(35)53-3)45-17-21-47(22-18-45)41(49)27-37(29-5-9-31(43)10-6-29)55-38(30-7-11-32(44)12-8-30)28-42(50)48-23-19-46(20-24-48)34-14-16-36(52-2)40(26-34)54-4/h5-16,25-26,37-38H,17-24,27-28H2,1-4H3. The number of anilines is 2. The zero-order chi connectivity index (χ0) is 38.9. The second kappa shape index (κ2) is 18.2. The van der Waals surface area contributed by atoms with Gasteiger partial charge in [-0.2, -0.15) is 0 Å². The van der Waals surface area contributed by atoms with Crippen LogP contribution < -0.4 is 28.7 Å². The molecule has 292 valence electrons. The number of halogens is 2. The minimum Gasteiger partial charge on any atom is -0.493 e. The van der Waals surface area contributed by atoms with Crippen molar-refractivity contribution in [1.29, 1.82) is 0 Å². The Labute approximate surface area is 320 Å². The lowest BCUT2D eigenvalue weighted by Crippen LogP contribution is -2.49. The third-order valence-corrected chi connectivity index (χ3v) is 10.3. The summed E-state index contributed by atoms with van der Waals surface area (Å²) in [6.45, 7) is 4.36. The Hall–Kier alpha value is -5.56. The molecule has 11 nitrogen and oxygen atoms in total. The average Bonchev–Trinajstić information content (AvgIpc) is 3.23. The number of nitrogens with zero attached hydrogens (tertiary/aromatic N) is 4. The summed E-state index contributed by atoms with van der Waals surface area (Å²) in [6.07, 6.45) is -1.67. The summed E-state index contributed by atoms with van der Waals surface area (Å²) in [5.74, 6) is 1.44. The number of carbonyl (C=O) groups excluding carboxylic acids is 2. The van der Waals surface area contributed by atoms with Gasteiger partial charge in [0.15, 0.2) is 23.0 Å². The Morgan fingerprint density at radius 1 is 0.509 bits per heavy atom. The maximum Gasteiger partial charge on any atom is 0.225 e. The molecule has 6 rings (SSSR count). The van der Waals surface area contributed by atoms with Gasteiger partial charge in [-0.15, -0.1) is 0 Å². The van der Waals surface area contributed by atoms with E-state index in [-0.39, 0.29) is 24.7 Å². The molecule has 4 aromatic carbocycles. The fourth-order valence-corrected chi connectivity index (χ4v) is 7.09. The van der Waals surface area contributed by atoms with Crippen molar-refractivity contribution in [2.24, 2.45) is 0 Å². The maximum atomic E-state index is 14.1. The Kier molecular flexibility index (Phi) is 12.9. The van der Waals surface area contributed by atoms with Crippen LogP contribution in [0.15, 0.2) is 84.9 Å². The van der Waals surface area contributed by atoms with Crippen LogP contribution in [0.25, 0.3) is 0 Å². The molecule has 0 spiro atoms.